The Morgan fingerprint density at radius 2 is 2.18 bits per heavy atom. The second-order valence-corrected chi connectivity index (χ2v) is 3.69. The maximum Gasteiger partial charge on any atom is 0.147 e. The van der Waals surface area contributed by atoms with Crippen molar-refractivity contribution in [3.05, 3.63) is 48.2 Å². The van der Waals surface area contributed by atoms with Crippen LogP contribution in [-0.2, 0) is 11.3 Å². The molecule has 0 aliphatic rings. The molecule has 17 heavy (non-hydrogen) atoms. The summed E-state index contributed by atoms with van der Waals surface area (Å²) < 4.78 is 5.09. The minimum atomic E-state index is 0.490. The van der Waals surface area contributed by atoms with Crippen LogP contribution in [0.5, 0.6) is 0 Å². The monoisotopic (exact) mass is 229 g/mol. The van der Waals surface area contributed by atoms with Gasteiger partial charge in [-0.25, -0.2) is 4.98 Å². The van der Waals surface area contributed by atoms with Crippen molar-refractivity contribution in [2.45, 2.75) is 6.61 Å². The Hall–Kier alpha value is -2.07. The van der Waals surface area contributed by atoms with Crippen LogP contribution in [-0.4, -0.2) is 12.1 Å². The number of nitrogen functional groups attached to an aromatic ring is 1. The van der Waals surface area contributed by atoms with Gasteiger partial charge in [0, 0.05) is 19.0 Å². The van der Waals surface area contributed by atoms with Gasteiger partial charge in [-0.3, -0.25) is 0 Å². The van der Waals surface area contributed by atoms with Crippen LogP contribution in [0, 0.1) is 0 Å². The maximum atomic E-state index is 5.77. The van der Waals surface area contributed by atoms with Gasteiger partial charge in [0.1, 0.15) is 5.82 Å². The molecule has 2 aromatic rings. The van der Waals surface area contributed by atoms with Gasteiger partial charge in [0.05, 0.1) is 12.3 Å². The number of aromatic nitrogens is 1. The highest BCUT2D eigenvalue weighted by Crippen LogP contribution is 2.21. The lowest BCUT2D eigenvalue weighted by atomic mass is 10.2. The number of nitrogens with two attached hydrogens (primary N) is 1. The van der Waals surface area contributed by atoms with Crippen molar-refractivity contribution in [2.75, 3.05) is 18.2 Å². The Bertz CT molecular complexity index is 500. The van der Waals surface area contributed by atoms with E-state index < -0.39 is 0 Å². The van der Waals surface area contributed by atoms with Gasteiger partial charge in [-0.15, -0.1) is 0 Å². The fourth-order valence-electron chi connectivity index (χ4n) is 1.58. The number of ether oxygens (including phenoxy) is 1. The second kappa shape index (κ2) is 5.32. The zero-order valence-corrected chi connectivity index (χ0v) is 9.68. The summed E-state index contributed by atoms with van der Waals surface area (Å²) in [6.45, 7) is 0.595. The Kier molecular flexibility index (Phi) is 3.57. The summed E-state index contributed by atoms with van der Waals surface area (Å²) in [6.07, 6.45) is 1.67. The average molecular weight is 229 g/mol. The number of nitrogens with zero attached hydrogens (tertiary/aromatic N) is 1. The first kappa shape index (κ1) is 11.4. The lowest BCUT2D eigenvalue weighted by Crippen LogP contribution is -1.98. The zero-order valence-electron chi connectivity index (χ0n) is 9.68. The first-order chi connectivity index (χ1) is 8.29. The molecule has 4 heteroatoms. The van der Waals surface area contributed by atoms with E-state index in [-0.39, 0.29) is 0 Å². The summed E-state index contributed by atoms with van der Waals surface area (Å²) in [5.41, 5.74) is 8.66. The van der Waals surface area contributed by atoms with Crippen LogP contribution in [0.1, 0.15) is 5.56 Å². The molecule has 0 fully saturated rings. The molecule has 88 valence electrons. The van der Waals surface area contributed by atoms with Crippen LogP contribution in [0.4, 0.5) is 17.2 Å². The molecule has 4 nitrogen and oxygen atoms in total. The van der Waals surface area contributed by atoms with E-state index in [4.69, 9.17) is 10.5 Å². The predicted octanol–water partition coefficient (Wildman–Crippen LogP) is 2.55. The Balaban J connectivity index is 2.18. The molecule has 0 atom stereocenters. The number of methoxy groups -OCH3 is 1. The van der Waals surface area contributed by atoms with Crippen LogP contribution >= 0.6 is 0 Å². The first-order valence-corrected chi connectivity index (χ1v) is 5.35. The normalized spacial score (nSPS) is 10.2. The number of nitrogens with one attached hydrogen (secondary N) is 1. The fourth-order valence-corrected chi connectivity index (χ4v) is 1.58. The Morgan fingerprint density at radius 1 is 1.29 bits per heavy atom. The van der Waals surface area contributed by atoms with E-state index in [0.29, 0.717) is 12.4 Å². The van der Waals surface area contributed by atoms with Gasteiger partial charge in [-0.1, -0.05) is 12.1 Å². The largest absolute Gasteiger partial charge is 0.382 e. The van der Waals surface area contributed by atoms with E-state index in [9.17, 15) is 0 Å². The standard InChI is InChI=1S/C13H15N3O/c1-17-9-10-4-2-5-11(8-10)16-12-6-3-7-15-13(12)14/h2-8,16H,9H2,1H3,(H2,14,15). The van der Waals surface area contributed by atoms with Gasteiger partial charge in [-0.05, 0) is 29.8 Å². The summed E-state index contributed by atoms with van der Waals surface area (Å²) in [7, 11) is 1.68. The molecule has 0 aliphatic heterocycles. The number of hydrogen-bond acceptors (Lipinski definition) is 4. The van der Waals surface area contributed by atoms with Crippen molar-refractivity contribution in [3.63, 3.8) is 0 Å². The third kappa shape index (κ3) is 2.95. The summed E-state index contributed by atoms with van der Waals surface area (Å²) >= 11 is 0. The SMILES string of the molecule is COCc1cccc(Nc2cccnc2N)c1. The second-order valence-electron chi connectivity index (χ2n) is 3.69. The highest BCUT2D eigenvalue weighted by atomic mass is 16.5. The minimum Gasteiger partial charge on any atom is -0.382 e. The van der Waals surface area contributed by atoms with E-state index in [0.717, 1.165) is 16.9 Å². The number of rotatable bonds is 4. The van der Waals surface area contributed by atoms with Crippen molar-refractivity contribution in [3.8, 4) is 0 Å². The van der Waals surface area contributed by atoms with Gasteiger partial charge in [0.15, 0.2) is 0 Å². The molecule has 0 radical (unpaired) electrons. The molecule has 0 bridgehead atoms. The fraction of sp³-hybridized carbons (Fsp3) is 0.154. The molecule has 0 saturated heterocycles. The molecule has 0 spiro atoms. The van der Waals surface area contributed by atoms with Crippen LogP contribution in [0.25, 0.3) is 0 Å². The molecule has 1 heterocycles. The van der Waals surface area contributed by atoms with Crippen molar-refractivity contribution < 1.29 is 4.74 Å². The number of hydrogen-bond donors (Lipinski definition) is 2. The summed E-state index contributed by atoms with van der Waals surface area (Å²) in [5, 5.41) is 3.23. The van der Waals surface area contributed by atoms with Crippen LogP contribution < -0.4 is 11.1 Å². The van der Waals surface area contributed by atoms with E-state index in [1.807, 2.05) is 36.4 Å². The molecule has 2 rings (SSSR count). The van der Waals surface area contributed by atoms with Gasteiger partial charge < -0.3 is 15.8 Å². The van der Waals surface area contributed by atoms with Crippen molar-refractivity contribution in [2.24, 2.45) is 0 Å². The van der Waals surface area contributed by atoms with Gasteiger partial charge in [0.25, 0.3) is 0 Å². The zero-order chi connectivity index (χ0) is 12.1. The van der Waals surface area contributed by atoms with Gasteiger partial charge >= 0.3 is 0 Å². The van der Waals surface area contributed by atoms with Crippen molar-refractivity contribution in [1.29, 1.82) is 0 Å². The molecule has 0 aliphatic carbocycles. The summed E-state index contributed by atoms with van der Waals surface area (Å²) in [4.78, 5) is 4.02. The van der Waals surface area contributed by atoms with E-state index in [1.54, 1.807) is 13.3 Å². The lowest BCUT2D eigenvalue weighted by Gasteiger charge is -2.09. The number of benzene rings is 1. The minimum absolute atomic E-state index is 0.490. The summed E-state index contributed by atoms with van der Waals surface area (Å²) in [6, 6.07) is 11.7. The molecule has 0 saturated carbocycles. The van der Waals surface area contributed by atoms with E-state index in [1.165, 1.54) is 0 Å². The molecule has 0 unspecified atom stereocenters. The highest BCUT2D eigenvalue weighted by molar-refractivity contribution is 5.69. The third-order valence-electron chi connectivity index (χ3n) is 2.36. The topological polar surface area (TPSA) is 60.2 Å². The number of pyridine rings is 1. The molecule has 3 N–H and O–H groups in total. The average Bonchev–Trinajstić information content (AvgIpc) is 2.33. The molecular weight excluding hydrogens is 214 g/mol. The number of anilines is 3. The van der Waals surface area contributed by atoms with E-state index >= 15 is 0 Å². The Labute approximate surface area is 100 Å². The first-order valence-electron chi connectivity index (χ1n) is 5.35. The summed E-state index contributed by atoms with van der Waals surface area (Å²) in [5.74, 6) is 0.490. The van der Waals surface area contributed by atoms with Crippen molar-refractivity contribution >= 4 is 17.2 Å². The molecule has 1 aromatic heterocycles. The van der Waals surface area contributed by atoms with Crippen LogP contribution in [0.2, 0.25) is 0 Å². The van der Waals surface area contributed by atoms with Crippen molar-refractivity contribution in [1.82, 2.24) is 4.98 Å². The molecular formula is C13H15N3O. The van der Waals surface area contributed by atoms with Gasteiger partial charge in [0.2, 0.25) is 0 Å². The van der Waals surface area contributed by atoms with E-state index in [2.05, 4.69) is 10.3 Å². The lowest BCUT2D eigenvalue weighted by molar-refractivity contribution is 0.185. The highest BCUT2D eigenvalue weighted by Gasteiger charge is 2.00. The van der Waals surface area contributed by atoms with Crippen LogP contribution in [0.3, 0.4) is 0 Å². The smallest absolute Gasteiger partial charge is 0.147 e. The van der Waals surface area contributed by atoms with Crippen LogP contribution in [0.15, 0.2) is 42.6 Å². The molecule has 0 amide bonds. The quantitative estimate of drug-likeness (QED) is 0.845. The maximum absolute atomic E-state index is 5.77. The third-order valence-corrected chi connectivity index (χ3v) is 2.36. The predicted molar refractivity (Wildman–Crippen MR) is 69.1 cm³/mol. The Morgan fingerprint density at radius 3 is 2.94 bits per heavy atom. The molecule has 1 aromatic carbocycles. The van der Waals surface area contributed by atoms with Gasteiger partial charge in [-0.2, -0.15) is 0 Å².